The maximum atomic E-state index is 12.9. The maximum absolute atomic E-state index is 12.9. The van der Waals surface area contributed by atoms with Crippen LogP contribution in [0.2, 0.25) is 0 Å². The lowest BCUT2D eigenvalue weighted by atomic mass is 10.1. The fraction of sp³-hybridized carbons (Fsp3) is 0.182. The predicted molar refractivity (Wildman–Crippen MR) is 112 cm³/mol. The Balaban J connectivity index is 1.39. The van der Waals surface area contributed by atoms with E-state index in [-0.39, 0.29) is 18.1 Å². The highest BCUT2D eigenvalue weighted by Crippen LogP contribution is 2.25. The van der Waals surface area contributed by atoms with Crippen molar-refractivity contribution in [2.24, 2.45) is 0 Å². The van der Waals surface area contributed by atoms with Gasteiger partial charge in [-0.3, -0.25) is 9.20 Å². The maximum Gasteiger partial charge on any atom is 0.225 e. The summed E-state index contributed by atoms with van der Waals surface area (Å²) in [5.74, 6) is 0.493. The van der Waals surface area contributed by atoms with Gasteiger partial charge in [0.1, 0.15) is 11.6 Å². The van der Waals surface area contributed by atoms with Crippen LogP contribution < -0.4 is 10.1 Å². The minimum absolute atomic E-state index is 0.0495. The average molecular weight is 409 g/mol. The molecule has 29 heavy (non-hydrogen) atoms. The quantitative estimate of drug-likeness (QED) is 0.500. The minimum Gasteiger partial charge on any atom is -0.497 e. The zero-order valence-corrected chi connectivity index (χ0v) is 16.7. The fourth-order valence-electron chi connectivity index (χ4n) is 3.08. The molecule has 0 atom stereocenters. The molecular weight excluding hydrogens is 389 g/mol. The van der Waals surface area contributed by atoms with E-state index in [9.17, 15) is 9.18 Å². The zero-order valence-electron chi connectivity index (χ0n) is 15.9. The van der Waals surface area contributed by atoms with Crippen molar-refractivity contribution in [3.05, 3.63) is 77.2 Å². The van der Waals surface area contributed by atoms with E-state index in [0.29, 0.717) is 13.0 Å². The third kappa shape index (κ3) is 4.46. The number of rotatable bonds is 7. The summed E-state index contributed by atoms with van der Waals surface area (Å²) in [6.45, 7) is 0.513. The van der Waals surface area contributed by atoms with Crippen molar-refractivity contribution in [1.82, 2.24) is 14.7 Å². The number of methoxy groups -OCH3 is 1. The summed E-state index contributed by atoms with van der Waals surface area (Å²) < 4.78 is 20.1. The van der Waals surface area contributed by atoms with Crippen LogP contribution in [0, 0.1) is 5.82 Å². The second kappa shape index (κ2) is 8.45. The number of nitrogens with zero attached hydrogens (tertiary/aromatic N) is 2. The number of carbonyl (C=O) groups is 1. The number of amides is 1. The Labute approximate surface area is 171 Å². The Morgan fingerprint density at radius 1 is 1.17 bits per heavy atom. The van der Waals surface area contributed by atoms with Gasteiger partial charge in [-0.1, -0.05) is 12.1 Å². The number of aromatic nitrogens is 2. The van der Waals surface area contributed by atoms with Gasteiger partial charge in [0.15, 0.2) is 4.96 Å². The molecule has 0 radical (unpaired) electrons. The Kier molecular flexibility index (Phi) is 5.57. The molecule has 2 heterocycles. The van der Waals surface area contributed by atoms with Crippen LogP contribution in [0.25, 0.3) is 16.2 Å². The van der Waals surface area contributed by atoms with Crippen molar-refractivity contribution in [3.8, 4) is 17.0 Å². The van der Waals surface area contributed by atoms with Gasteiger partial charge in [0.25, 0.3) is 0 Å². The molecule has 0 aliphatic rings. The number of hydrogen-bond acceptors (Lipinski definition) is 4. The van der Waals surface area contributed by atoms with Crippen molar-refractivity contribution in [3.63, 3.8) is 0 Å². The molecule has 2 aromatic carbocycles. The van der Waals surface area contributed by atoms with Gasteiger partial charge in [0.05, 0.1) is 19.2 Å². The number of benzene rings is 2. The van der Waals surface area contributed by atoms with Crippen LogP contribution in [-0.4, -0.2) is 28.9 Å². The molecule has 0 saturated heterocycles. The number of hydrogen-bond donors (Lipinski definition) is 1. The van der Waals surface area contributed by atoms with Crippen molar-refractivity contribution in [2.45, 2.75) is 12.8 Å². The van der Waals surface area contributed by atoms with E-state index in [2.05, 4.69) is 10.3 Å². The van der Waals surface area contributed by atoms with Gasteiger partial charge < -0.3 is 10.1 Å². The van der Waals surface area contributed by atoms with Crippen LogP contribution >= 0.6 is 11.3 Å². The second-order valence-electron chi connectivity index (χ2n) is 6.64. The molecule has 148 valence electrons. The largest absolute Gasteiger partial charge is 0.497 e. The highest BCUT2D eigenvalue weighted by atomic mass is 32.1. The summed E-state index contributed by atoms with van der Waals surface area (Å²) >= 11 is 1.51. The van der Waals surface area contributed by atoms with Crippen LogP contribution in [0.3, 0.4) is 0 Å². The van der Waals surface area contributed by atoms with Gasteiger partial charge in [-0.15, -0.1) is 11.3 Å². The number of nitrogens with one attached hydrogen (secondary N) is 1. The zero-order chi connectivity index (χ0) is 20.2. The van der Waals surface area contributed by atoms with Crippen LogP contribution in [0.1, 0.15) is 11.3 Å². The van der Waals surface area contributed by atoms with E-state index in [0.717, 1.165) is 33.2 Å². The summed E-state index contributed by atoms with van der Waals surface area (Å²) in [7, 11) is 1.64. The molecular formula is C22H20FN3O2S. The number of thiazole rings is 1. The highest BCUT2D eigenvalue weighted by molar-refractivity contribution is 7.15. The monoisotopic (exact) mass is 409 g/mol. The molecule has 1 N–H and O–H groups in total. The van der Waals surface area contributed by atoms with Gasteiger partial charge in [-0.25, -0.2) is 9.37 Å². The van der Waals surface area contributed by atoms with Gasteiger partial charge in [-0.2, -0.15) is 0 Å². The Morgan fingerprint density at radius 3 is 2.66 bits per heavy atom. The van der Waals surface area contributed by atoms with E-state index in [1.807, 2.05) is 40.2 Å². The minimum atomic E-state index is -0.256. The number of imidazole rings is 1. The lowest BCUT2D eigenvalue weighted by Gasteiger charge is -2.05. The second-order valence-corrected chi connectivity index (χ2v) is 7.47. The molecule has 0 unspecified atom stereocenters. The van der Waals surface area contributed by atoms with Gasteiger partial charge in [0.2, 0.25) is 5.91 Å². The molecule has 0 fully saturated rings. The first kappa shape index (κ1) is 19.1. The van der Waals surface area contributed by atoms with E-state index in [4.69, 9.17) is 4.74 Å². The molecule has 7 heteroatoms. The van der Waals surface area contributed by atoms with Gasteiger partial charge >= 0.3 is 0 Å². The number of halogens is 1. The van der Waals surface area contributed by atoms with Crippen molar-refractivity contribution >= 4 is 22.2 Å². The van der Waals surface area contributed by atoms with E-state index < -0.39 is 0 Å². The van der Waals surface area contributed by atoms with Crippen LogP contribution in [0.15, 0.2) is 60.1 Å². The van der Waals surface area contributed by atoms with E-state index >= 15 is 0 Å². The molecule has 0 saturated carbocycles. The standard InChI is InChI=1S/C22H20FN3O2S/c1-28-19-8-4-16(5-9-19)20-13-26-18(14-29-22(26)25-20)12-21(27)24-11-10-15-2-6-17(23)7-3-15/h2-9,13-14H,10-12H2,1H3,(H,24,27). The van der Waals surface area contributed by atoms with Crippen molar-refractivity contribution in [2.75, 3.05) is 13.7 Å². The number of fused-ring (bicyclic) bond motifs is 1. The number of carbonyl (C=O) groups excluding carboxylic acids is 1. The van der Waals surface area contributed by atoms with Gasteiger partial charge in [-0.05, 0) is 48.4 Å². The molecule has 0 aliphatic heterocycles. The lowest BCUT2D eigenvalue weighted by molar-refractivity contribution is -0.120. The van der Waals surface area contributed by atoms with Crippen LogP contribution in [-0.2, 0) is 17.6 Å². The fourth-order valence-corrected chi connectivity index (χ4v) is 3.95. The Hall–Kier alpha value is -3.19. The normalized spacial score (nSPS) is 11.0. The summed E-state index contributed by atoms with van der Waals surface area (Å²) in [6.07, 6.45) is 2.90. The molecule has 0 spiro atoms. The first-order chi connectivity index (χ1) is 14.1. The first-order valence-corrected chi connectivity index (χ1v) is 10.1. The van der Waals surface area contributed by atoms with Crippen LogP contribution in [0.5, 0.6) is 5.75 Å². The third-order valence-electron chi connectivity index (χ3n) is 4.66. The summed E-state index contributed by atoms with van der Waals surface area (Å²) in [4.78, 5) is 17.8. The van der Waals surface area contributed by atoms with Crippen molar-refractivity contribution in [1.29, 1.82) is 0 Å². The Morgan fingerprint density at radius 2 is 1.93 bits per heavy atom. The summed E-state index contributed by atoms with van der Waals surface area (Å²) in [6, 6.07) is 14.1. The summed E-state index contributed by atoms with van der Waals surface area (Å²) in [5.41, 5.74) is 3.74. The van der Waals surface area contributed by atoms with Crippen molar-refractivity contribution < 1.29 is 13.9 Å². The first-order valence-electron chi connectivity index (χ1n) is 9.23. The predicted octanol–water partition coefficient (Wildman–Crippen LogP) is 4.11. The van der Waals surface area contributed by atoms with E-state index in [1.165, 1.54) is 23.5 Å². The molecule has 4 aromatic rings. The SMILES string of the molecule is COc1ccc(-c2cn3c(CC(=O)NCCc4ccc(F)cc4)csc3n2)cc1. The average Bonchev–Trinajstić information content (AvgIpc) is 3.32. The third-order valence-corrected chi connectivity index (χ3v) is 5.55. The topological polar surface area (TPSA) is 55.6 Å². The molecule has 0 aliphatic carbocycles. The molecule has 4 rings (SSSR count). The smallest absolute Gasteiger partial charge is 0.225 e. The van der Waals surface area contributed by atoms with Gasteiger partial charge in [0, 0.05) is 29.4 Å². The highest BCUT2D eigenvalue weighted by Gasteiger charge is 2.12. The molecule has 2 aromatic heterocycles. The summed E-state index contributed by atoms with van der Waals surface area (Å²) in [5, 5.41) is 4.88. The molecule has 1 amide bonds. The van der Waals surface area contributed by atoms with Crippen LogP contribution in [0.4, 0.5) is 4.39 Å². The lowest BCUT2D eigenvalue weighted by Crippen LogP contribution is -2.27. The number of ether oxygens (including phenoxy) is 1. The molecule has 0 bridgehead atoms. The Bertz CT molecular complexity index is 1120. The van der Waals surface area contributed by atoms with E-state index in [1.54, 1.807) is 19.2 Å². The molecule has 5 nitrogen and oxygen atoms in total.